The van der Waals surface area contributed by atoms with Gasteiger partial charge in [-0.05, 0) is 86.4 Å². The van der Waals surface area contributed by atoms with E-state index in [-0.39, 0.29) is 29.7 Å². The number of fused-ring (bicyclic) bond motifs is 5. The highest BCUT2D eigenvalue weighted by molar-refractivity contribution is 7.85. The molecule has 0 spiro atoms. The molecular formula is C26H45NO7S. The number of hydrogen-bond acceptors (Lipinski definition) is 6. The van der Waals surface area contributed by atoms with Crippen molar-refractivity contribution in [3.63, 3.8) is 0 Å². The first-order valence-corrected chi connectivity index (χ1v) is 15.1. The lowest BCUT2D eigenvalue weighted by molar-refractivity contribution is -0.264. The Bertz CT molecular complexity index is 911. The summed E-state index contributed by atoms with van der Waals surface area (Å²) in [5.74, 6) is 1.37. The van der Waals surface area contributed by atoms with Crippen molar-refractivity contribution in [2.24, 2.45) is 40.4 Å². The summed E-state index contributed by atoms with van der Waals surface area (Å²) in [4.78, 5) is 12.2. The maximum absolute atomic E-state index is 12.2. The predicted molar refractivity (Wildman–Crippen MR) is 132 cm³/mol. The third-order valence-electron chi connectivity index (χ3n) is 11.1. The zero-order valence-electron chi connectivity index (χ0n) is 21.4. The highest BCUT2D eigenvalue weighted by atomic mass is 32.2. The monoisotopic (exact) mass is 515 g/mol. The maximum atomic E-state index is 12.2. The molecule has 4 aliphatic rings. The predicted octanol–water partition coefficient (Wildman–Crippen LogP) is 2.51. The van der Waals surface area contributed by atoms with Gasteiger partial charge in [-0.25, -0.2) is 0 Å². The molecule has 0 bridgehead atoms. The molecule has 5 N–H and O–H groups in total. The zero-order chi connectivity index (χ0) is 25.8. The number of carbonyl (C=O) groups excluding carboxylic acids is 1. The molecule has 4 rings (SSSR count). The van der Waals surface area contributed by atoms with E-state index in [2.05, 4.69) is 26.1 Å². The first-order chi connectivity index (χ1) is 16.2. The minimum Gasteiger partial charge on any atom is -0.393 e. The third kappa shape index (κ3) is 4.80. The van der Waals surface area contributed by atoms with Crippen LogP contribution in [0.25, 0.3) is 0 Å². The molecule has 1 amide bonds. The number of carbonyl (C=O) groups is 1. The van der Waals surface area contributed by atoms with Gasteiger partial charge in [0.15, 0.2) is 0 Å². The Morgan fingerprint density at radius 1 is 1.09 bits per heavy atom. The smallest absolute Gasteiger partial charge is 0.266 e. The van der Waals surface area contributed by atoms with Gasteiger partial charge < -0.3 is 20.6 Å². The van der Waals surface area contributed by atoms with Crippen molar-refractivity contribution in [2.75, 3.05) is 12.3 Å². The molecule has 0 aromatic heterocycles. The minimum absolute atomic E-state index is 0.0806. The van der Waals surface area contributed by atoms with Crippen molar-refractivity contribution in [1.29, 1.82) is 0 Å². The van der Waals surface area contributed by atoms with Gasteiger partial charge in [-0.2, -0.15) is 8.42 Å². The van der Waals surface area contributed by atoms with Crippen LogP contribution < -0.4 is 5.32 Å². The van der Waals surface area contributed by atoms with E-state index in [0.29, 0.717) is 48.9 Å². The van der Waals surface area contributed by atoms with Crippen LogP contribution in [-0.4, -0.2) is 64.3 Å². The molecule has 0 heterocycles. The summed E-state index contributed by atoms with van der Waals surface area (Å²) in [6.45, 7) is 6.68. The molecule has 202 valence electrons. The van der Waals surface area contributed by atoms with E-state index in [0.717, 1.165) is 38.5 Å². The SMILES string of the molecule is C[C@H](CCC(=O)NCCS(=O)(=O)O)C1CCC2C3C[C@@H](O)[C@@]4(O)C[C@@H](O)CC[C@]4(C)C3CC[C@@]21C. The van der Waals surface area contributed by atoms with Gasteiger partial charge in [0.05, 0.1) is 23.6 Å². The number of rotatable bonds is 7. The molecule has 0 saturated heterocycles. The van der Waals surface area contributed by atoms with Crippen molar-refractivity contribution in [3.8, 4) is 0 Å². The van der Waals surface area contributed by atoms with Crippen molar-refractivity contribution in [2.45, 2.75) is 103 Å². The second-order valence-corrected chi connectivity index (χ2v) is 14.3. The van der Waals surface area contributed by atoms with Gasteiger partial charge in [0.1, 0.15) is 0 Å². The van der Waals surface area contributed by atoms with Crippen LogP contribution in [0.3, 0.4) is 0 Å². The minimum atomic E-state index is -4.08. The lowest BCUT2D eigenvalue weighted by Crippen LogP contribution is -2.68. The van der Waals surface area contributed by atoms with Gasteiger partial charge in [-0.1, -0.05) is 20.8 Å². The van der Waals surface area contributed by atoms with Crippen LogP contribution >= 0.6 is 0 Å². The van der Waals surface area contributed by atoms with E-state index in [1.54, 1.807) is 0 Å². The summed E-state index contributed by atoms with van der Waals surface area (Å²) in [5, 5.41) is 35.6. The summed E-state index contributed by atoms with van der Waals surface area (Å²) < 4.78 is 30.5. The van der Waals surface area contributed by atoms with Gasteiger partial charge >= 0.3 is 0 Å². The first kappa shape index (κ1) is 27.3. The quantitative estimate of drug-likeness (QED) is 0.328. The molecule has 8 nitrogen and oxygen atoms in total. The second kappa shape index (κ2) is 9.53. The Hall–Kier alpha value is -0.740. The molecule has 0 aromatic rings. The molecule has 35 heavy (non-hydrogen) atoms. The number of nitrogens with one attached hydrogen (secondary N) is 1. The highest BCUT2D eigenvalue weighted by Crippen LogP contribution is 2.69. The van der Waals surface area contributed by atoms with E-state index in [4.69, 9.17) is 4.55 Å². The number of hydrogen-bond donors (Lipinski definition) is 5. The molecule has 4 fully saturated rings. The normalized spacial score (nSPS) is 46.3. The number of aliphatic hydroxyl groups excluding tert-OH is 2. The fourth-order valence-electron chi connectivity index (χ4n) is 9.20. The number of amides is 1. The topological polar surface area (TPSA) is 144 Å². The molecule has 0 aliphatic heterocycles. The fraction of sp³-hybridized carbons (Fsp3) is 0.962. The van der Waals surface area contributed by atoms with E-state index < -0.39 is 33.7 Å². The Balaban J connectivity index is 1.41. The van der Waals surface area contributed by atoms with Crippen molar-refractivity contribution >= 4 is 16.0 Å². The highest BCUT2D eigenvalue weighted by Gasteiger charge is 2.67. The summed E-state index contributed by atoms with van der Waals surface area (Å²) >= 11 is 0. The van der Waals surface area contributed by atoms with Gasteiger partial charge in [0.2, 0.25) is 5.91 Å². The van der Waals surface area contributed by atoms with Crippen LogP contribution in [0.1, 0.15) is 85.0 Å². The van der Waals surface area contributed by atoms with Crippen LogP contribution in [0.5, 0.6) is 0 Å². The Morgan fingerprint density at radius 3 is 2.49 bits per heavy atom. The lowest BCUT2D eigenvalue weighted by atomic mass is 9.42. The molecule has 4 aliphatic carbocycles. The third-order valence-corrected chi connectivity index (χ3v) is 11.8. The van der Waals surface area contributed by atoms with Crippen molar-refractivity contribution < 1.29 is 33.1 Å². The van der Waals surface area contributed by atoms with Crippen molar-refractivity contribution in [3.05, 3.63) is 0 Å². The van der Waals surface area contributed by atoms with E-state index in [9.17, 15) is 28.5 Å². The average Bonchev–Trinajstić information content (AvgIpc) is 3.11. The molecule has 4 unspecified atom stereocenters. The summed E-state index contributed by atoms with van der Waals surface area (Å²) in [6.07, 6.45) is 6.33. The van der Waals surface area contributed by atoms with Crippen LogP contribution in [0.2, 0.25) is 0 Å². The van der Waals surface area contributed by atoms with E-state index >= 15 is 0 Å². The summed E-state index contributed by atoms with van der Waals surface area (Å²) in [5.41, 5.74) is -1.45. The number of aliphatic hydroxyl groups is 3. The van der Waals surface area contributed by atoms with Gasteiger partial charge in [-0.3, -0.25) is 9.35 Å². The van der Waals surface area contributed by atoms with Gasteiger partial charge in [0.25, 0.3) is 10.1 Å². The Kier molecular flexibility index (Phi) is 7.43. The molecule has 9 heteroatoms. The van der Waals surface area contributed by atoms with Crippen LogP contribution in [-0.2, 0) is 14.9 Å². The molecule has 10 atom stereocenters. The lowest BCUT2D eigenvalue weighted by Gasteiger charge is -2.65. The first-order valence-electron chi connectivity index (χ1n) is 13.5. The molecule has 4 saturated carbocycles. The van der Waals surface area contributed by atoms with Gasteiger partial charge in [-0.15, -0.1) is 0 Å². The Labute approximate surface area is 210 Å². The summed E-state index contributed by atoms with van der Waals surface area (Å²) in [7, 11) is -4.08. The van der Waals surface area contributed by atoms with E-state index in [1.807, 2.05) is 0 Å². The zero-order valence-corrected chi connectivity index (χ0v) is 22.3. The van der Waals surface area contributed by atoms with Crippen LogP contribution in [0, 0.1) is 40.4 Å². The maximum Gasteiger partial charge on any atom is 0.266 e. The molecular weight excluding hydrogens is 470 g/mol. The standard InChI is InChI=1S/C26H45NO7S/c1-16(4-7-23(30)27-12-13-35(32,33)34)19-5-6-20-18-14-22(29)26(31)15-17(28)8-11-25(26,3)21(18)9-10-24(19,20)2/h16-22,28-29,31H,4-15H2,1-3H3,(H,27,30)(H,32,33,34)/t16-,17+,18?,19?,20?,21?,22-,24-,25-,26+/m1/s1. The van der Waals surface area contributed by atoms with Crippen LogP contribution in [0.15, 0.2) is 0 Å². The second-order valence-electron chi connectivity index (χ2n) is 12.7. The summed E-state index contributed by atoms with van der Waals surface area (Å²) in [6, 6.07) is 0. The fourth-order valence-corrected chi connectivity index (χ4v) is 9.56. The average molecular weight is 516 g/mol. The van der Waals surface area contributed by atoms with Crippen LogP contribution in [0.4, 0.5) is 0 Å². The molecule has 0 aromatic carbocycles. The van der Waals surface area contributed by atoms with Gasteiger partial charge in [0, 0.05) is 24.8 Å². The van der Waals surface area contributed by atoms with E-state index in [1.165, 1.54) is 0 Å². The van der Waals surface area contributed by atoms with Crippen molar-refractivity contribution in [1.82, 2.24) is 5.32 Å². The Morgan fingerprint density at radius 2 is 1.80 bits per heavy atom. The molecule has 0 radical (unpaired) electrons. The largest absolute Gasteiger partial charge is 0.393 e.